The van der Waals surface area contributed by atoms with E-state index in [1.54, 1.807) is 49.4 Å². The van der Waals surface area contributed by atoms with Crippen LogP contribution in [0.15, 0.2) is 48.5 Å². The zero-order chi connectivity index (χ0) is 19.6. The smallest absolute Gasteiger partial charge is 0.267 e. The summed E-state index contributed by atoms with van der Waals surface area (Å²) in [6, 6.07) is 12.0. The highest BCUT2D eigenvalue weighted by Gasteiger charge is 2.07. The second-order valence-electron chi connectivity index (χ2n) is 5.72. The molecule has 0 unspecified atom stereocenters. The number of hydrogen-bond donors (Lipinski definition) is 2. The fraction of sp³-hybridized carbons (Fsp3) is 0.200. The molecule has 142 valence electrons. The van der Waals surface area contributed by atoms with Crippen molar-refractivity contribution in [1.29, 1.82) is 0 Å². The molecule has 0 heterocycles. The first-order valence-corrected chi connectivity index (χ1v) is 8.67. The van der Waals surface area contributed by atoms with Gasteiger partial charge in [-0.15, -0.1) is 0 Å². The summed E-state index contributed by atoms with van der Waals surface area (Å²) in [7, 11) is 0. The fourth-order valence-corrected chi connectivity index (χ4v) is 2.38. The third-order valence-electron chi connectivity index (χ3n) is 3.48. The summed E-state index contributed by atoms with van der Waals surface area (Å²) < 4.78 is 11.5. The van der Waals surface area contributed by atoms with Crippen LogP contribution in [0.4, 0.5) is 0 Å². The van der Waals surface area contributed by atoms with Crippen LogP contribution in [-0.2, 0) is 9.59 Å². The number of nitrogens with one attached hydrogen (secondary N) is 1. The second kappa shape index (κ2) is 10.4. The van der Waals surface area contributed by atoms with Crippen molar-refractivity contribution in [3.8, 4) is 17.2 Å². The molecule has 0 aliphatic rings. The Labute approximate surface area is 162 Å². The van der Waals surface area contributed by atoms with Crippen molar-refractivity contribution in [3.05, 3.63) is 59.1 Å². The number of rotatable bonds is 9. The van der Waals surface area contributed by atoms with Gasteiger partial charge < -0.3 is 14.3 Å². The molecule has 2 aromatic carbocycles. The Balaban J connectivity index is 2.20. The van der Waals surface area contributed by atoms with Crippen LogP contribution < -0.4 is 15.0 Å². The van der Waals surface area contributed by atoms with Gasteiger partial charge in [0.05, 0.1) is 6.61 Å². The van der Waals surface area contributed by atoms with Crippen LogP contribution in [0, 0.1) is 0 Å². The molecule has 0 radical (unpaired) electrons. The SMILES string of the molecule is CC(=O)CCCOc1ccc(/C=C/C(=O)NO)c(Oc2cccc(Cl)c2)c1. The average molecular weight is 390 g/mol. The van der Waals surface area contributed by atoms with Crippen LogP contribution in [0.25, 0.3) is 6.08 Å². The van der Waals surface area contributed by atoms with Crippen molar-refractivity contribution in [3.63, 3.8) is 0 Å². The quantitative estimate of drug-likeness (QED) is 0.287. The topological polar surface area (TPSA) is 84.9 Å². The zero-order valence-electron chi connectivity index (χ0n) is 14.8. The summed E-state index contributed by atoms with van der Waals surface area (Å²) in [5, 5.41) is 9.14. The molecule has 2 aromatic rings. The number of hydroxylamine groups is 1. The molecule has 0 atom stereocenters. The van der Waals surface area contributed by atoms with Crippen molar-refractivity contribution >= 4 is 29.4 Å². The summed E-state index contributed by atoms with van der Waals surface area (Å²) in [4.78, 5) is 22.2. The van der Waals surface area contributed by atoms with Crippen molar-refractivity contribution < 1.29 is 24.3 Å². The van der Waals surface area contributed by atoms with Gasteiger partial charge in [-0.1, -0.05) is 17.7 Å². The Morgan fingerprint density at radius 1 is 1.19 bits per heavy atom. The van der Waals surface area contributed by atoms with Gasteiger partial charge in [-0.2, -0.15) is 0 Å². The van der Waals surface area contributed by atoms with E-state index >= 15 is 0 Å². The number of halogens is 1. The molecule has 0 aliphatic heterocycles. The molecular formula is C20H20ClNO5. The van der Waals surface area contributed by atoms with Gasteiger partial charge in [0.1, 0.15) is 23.0 Å². The van der Waals surface area contributed by atoms with E-state index in [9.17, 15) is 9.59 Å². The molecule has 6 nitrogen and oxygen atoms in total. The summed E-state index contributed by atoms with van der Waals surface area (Å²) in [6.07, 6.45) is 3.76. The summed E-state index contributed by atoms with van der Waals surface area (Å²) in [5.74, 6) is 1.000. The molecule has 0 fully saturated rings. The highest BCUT2D eigenvalue weighted by atomic mass is 35.5. The van der Waals surface area contributed by atoms with Crippen molar-refractivity contribution in [2.75, 3.05) is 6.61 Å². The van der Waals surface area contributed by atoms with Crippen LogP contribution in [-0.4, -0.2) is 23.5 Å². The lowest BCUT2D eigenvalue weighted by Crippen LogP contribution is -2.14. The van der Waals surface area contributed by atoms with Gasteiger partial charge in [-0.3, -0.25) is 10.0 Å². The maximum Gasteiger partial charge on any atom is 0.267 e. The molecule has 2 N–H and O–H groups in total. The second-order valence-corrected chi connectivity index (χ2v) is 6.16. The molecule has 7 heteroatoms. The van der Waals surface area contributed by atoms with E-state index in [0.29, 0.717) is 47.3 Å². The molecule has 0 saturated carbocycles. The lowest BCUT2D eigenvalue weighted by molar-refractivity contribution is -0.124. The Kier molecular flexibility index (Phi) is 7.85. The fourth-order valence-electron chi connectivity index (χ4n) is 2.20. The standard InChI is InChI=1S/C20H20ClNO5/c1-14(23)4-3-11-26-17-9-7-15(8-10-20(24)22-25)19(13-17)27-18-6-2-5-16(21)12-18/h2,5-10,12-13,25H,3-4,11H2,1H3,(H,22,24)/b10-8+. The number of hydrogen-bond acceptors (Lipinski definition) is 5. The van der Waals surface area contributed by atoms with Crippen LogP contribution >= 0.6 is 11.6 Å². The Hall–Kier alpha value is -2.83. The van der Waals surface area contributed by atoms with Crippen molar-refractivity contribution in [2.24, 2.45) is 0 Å². The van der Waals surface area contributed by atoms with Crippen molar-refractivity contribution in [1.82, 2.24) is 5.48 Å². The average Bonchev–Trinajstić information content (AvgIpc) is 2.64. The van der Waals surface area contributed by atoms with Crippen LogP contribution in [0.2, 0.25) is 5.02 Å². The van der Waals surface area contributed by atoms with E-state index in [-0.39, 0.29) is 5.78 Å². The molecule has 0 saturated heterocycles. The molecule has 0 spiro atoms. The first-order chi connectivity index (χ1) is 13.0. The first-order valence-electron chi connectivity index (χ1n) is 8.30. The highest BCUT2D eigenvalue weighted by Crippen LogP contribution is 2.31. The highest BCUT2D eigenvalue weighted by molar-refractivity contribution is 6.30. The molecule has 1 amide bonds. The number of Topliss-reactive ketones (excluding diaryl/α,β-unsaturated/α-hetero) is 1. The number of carbonyl (C=O) groups is 2. The van der Waals surface area contributed by atoms with Crippen molar-refractivity contribution in [2.45, 2.75) is 19.8 Å². The summed E-state index contributed by atoms with van der Waals surface area (Å²) in [5.41, 5.74) is 2.14. The van der Waals surface area contributed by atoms with Crippen LogP contribution in [0.1, 0.15) is 25.3 Å². The van der Waals surface area contributed by atoms with E-state index in [4.69, 9.17) is 26.3 Å². The molecule has 2 rings (SSSR count). The van der Waals surface area contributed by atoms with Gasteiger partial charge in [0, 0.05) is 29.1 Å². The summed E-state index contributed by atoms with van der Waals surface area (Å²) in [6.45, 7) is 1.94. The molecule has 0 aliphatic carbocycles. The van der Waals surface area contributed by atoms with Crippen LogP contribution in [0.5, 0.6) is 17.2 Å². The zero-order valence-corrected chi connectivity index (χ0v) is 15.5. The maximum absolute atomic E-state index is 11.2. The molecule has 27 heavy (non-hydrogen) atoms. The predicted molar refractivity (Wildman–Crippen MR) is 102 cm³/mol. The van der Waals surface area contributed by atoms with E-state index < -0.39 is 5.91 Å². The minimum absolute atomic E-state index is 0.117. The van der Waals surface area contributed by atoms with E-state index in [2.05, 4.69) is 0 Å². The number of carbonyl (C=O) groups excluding carboxylic acids is 2. The number of benzene rings is 2. The minimum Gasteiger partial charge on any atom is -0.493 e. The number of ketones is 1. The molecular weight excluding hydrogens is 370 g/mol. The molecule has 0 aromatic heterocycles. The largest absolute Gasteiger partial charge is 0.493 e. The van der Waals surface area contributed by atoms with Gasteiger partial charge in [0.15, 0.2) is 0 Å². The van der Waals surface area contributed by atoms with Gasteiger partial charge in [0.25, 0.3) is 5.91 Å². The number of ether oxygens (including phenoxy) is 2. The van der Waals surface area contributed by atoms with E-state index in [1.807, 2.05) is 0 Å². The van der Waals surface area contributed by atoms with Crippen LogP contribution in [0.3, 0.4) is 0 Å². The first kappa shape index (κ1) is 20.5. The minimum atomic E-state index is -0.659. The Morgan fingerprint density at radius 3 is 2.70 bits per heavy atom. The molecule has 0 bridgehead atoms. The lowest BCUT2D eigenvalue weighted by atomic mass is 10.1. The van der Waals surface area contributed by atoms with Gasteiger partial charge in [-0.05, 0) is 49.8 Å². The van der Waals surface area contributed by atoms with E-state index in [1.165, 1.54) is 17.6 Å². The Morgan fingerprint density at radius 2 is 2.00 bits per heavy atom. The van der Waals surface area contributed by atoms with E-state index in [0.717, 1.165) is 0 Å². The number of amides is 1. The predicted octanol–water partition coefficient (Wildman–Crippen LogP) is 4.40. The maximum atomic E-state index is 11.2. The van der Waals surface area contributed by atoms with Gasteiger partial charge in [-0.25, -0.2) is 5.48 Å². The summed E-state index contributed by atoms with van der Waals surface area (Å²) >= 11 is 5.99. The lowest BCUT2D eigenvalue weighted by Gasteiger charge is -2.12. The monoisotopic (exact) mass is 389 g/mol. The van der Waals surface area contributed by atoms with Gasteiger partial charge in [0.2, 0.25) is 0 Å². The third kappa shape index (κ3) is 7.13. The van der Waals surface area contributed by atoms with Gasteiger partial charge >= 0.3 is 0 Å². The Bertz CT molecular complexity index is 835. The normalized spacial score (nSPS) is 10.6. The third-order valence-corrected chi connectivity index (χ3v) is 3.71.